The van der Waals surface area contributed by atoms with Crippen LogP contribution >= 0.6 is 0 Å². The first kappa shape index (κ1) is 26.6. The highest BCUT2D eigenvalue weighted by Gasteiger charge is 2.30. The van der Waals surface area contributed by atoms with Crippen LogP contribution in [0.5, 0.6) is 5.88 Å². The standard InChI is InChI=1S/C27H32N10O/c1-19(33-17-27(3,4)36-11-9-35(18-29)10-12-36)26(34-30)21-13-24-32-16-22(15-28)37(24)25(14-21)38-20(2)23-7-5-6-8-31-23/h5-8,13-14,16,20H,9-12,17,30H2,1-4H3/b33-19?,34-26+. The van der Waals surface area contributed by atoms with Gasteiger partial charge in [0.2, 0.25) is 5.88 Å². The van der Waals surface area contributed by atoms with Crippen LogP contribution in [-0.4, -0.2) is 73.9 Å². The predicted molar refractivity (Wildman–Crippen MR) is 145 cm³/mol. The molecule has 1 saturated heterocycles. The molecule has 2 N–H and O–H groups in total. The minimum atomic E-state index is -0.376. The maximum Gasteiger partial charge on any atom is 0.201 e. The Morgan fingerprint density at radius 2 is 1.95 bits per heavy atom. The summed E-state index contributed by atoms with van der Waals surface area (Å²) in [4.78, 5) is 17.8. The molecule has 0 aromatic carbocycles. The zero-order valence-electron chi connectivity index (χ0n) is 22.2. The van der Waals surface area contributed by atoms with Gasteiger partial charge in [0.1, 0.15) is 29.2 Å². The molecule has 196 valence electrons. The number of nitrogens with zero attached hydrogens (tertiary/aromatic N) is 9. The van der Waals surface area contributed by atoms with Gasteiger partial charge in [0.05, 0.1) is 24.1 Å². The molecule has 3 aromatic heterocycles. The summed E-state index contributed by atoms with van der Waals surface area (Å²) >= 11 is 0. The molecule has 0 bridgehead atoms. The summed E-state index contributed by atoms with van der Waals surface area (Å²) in [6.45, 7) is 11.6. The second-order valence-corrected chi connectivity index (χ2v) is 9.81. The van der Waals surface area contributed by atoms with Crippen LogP contribution in [0.4, 0.5) is 0 Å². The molecule has 1 atom stereocenters. The van der Waals surface area contributed by atoms with E-state index in [2.05, 4.69) is 46.1 Å². The van der Waals surface area contributed by atoms with E-state index in [1.807, 2.05) is 38.1 Å². The number of ether oxygens (including phenoxy) is 1. The minimum absolute atomic E-state index is 0.205. The Kier molecular flexibility index (Phi) is 7.89. The number of nitriles is 2. The van der Waals surface area contributed by atoms with Crippen molar-refractivity contribution in [3.8, 4) is 18.1 Å². The second-order valence-electron chi connectivity index (χ2n) is 9.81. The molecule has 0 spiro atoms. The lowest BCUT2D eigenvalue weighted by atomic mass is 10.0. The lowest BCUT2D eigenvalue weighted by Crippen LogP contribution is -2.55. The molecule has 0 radical (unpaired) electrons. The molecule has 1 fully saturated rings. The van der Waals surface area contributed by atoms with Gasteiger partial charge in [0.15, 0.2) is 6.19 Å². The van der Waals surface area contributed by atoms with Gasteiger partial charge in [-0.05, 0) is 45.9 Å². The van der Waals surface area contributed by atoms with Gasteiger partial charge in [0.25, 0.3) is 0 Å². The lowest BCUT2D eigenvalue weighted by Gasteiger charge is -2.42. The molecule has 4 rings (SSSR count). The molecule has 11 nitrogen and oxygen atoms in total. The van der Waals surface area contributed by atoms with Crippen LogP contribution in [0.1, 0.15) is 50.8 Å². The first-order valence-corrected chi connectivity index (χ1v) is 12.5. The molecule has 0 amide bonds. The van der Waals surface area contributed by atoms with E-state index >= 15 is 0 Å². The zero-order valence-corrected chi connectivity index (χ0v) is 22.2. The molecule has 3 aromatic rings. The Bertz CT molecular complexity index is 1420. The molecule has 0 saturated carbocycles. The number of imidazole rings is 1. The number of rotatable bonds is 8. The average molecular weight is 513 g/mol. The fourth-order valence-corrected chi connectivity index (χ4v) is 4.51. The fourth-order valence-electron chi connectivity index (χ4n) is 4.51. The zero-order chi connectivity index (χ0) is 27.3. The summed E-state index contributed by atoms with van der Waals surface area (Å²) in [5, 5.41) is 22.8. The molecule has 0 aliphatic carbocycles. The topological polar surface area (TPSA) is 144 Å². The highest BCUT2D eigenvalue weighted by molar-refractivity contribution is 6.47. The Morgan fingerprint density at radius 1 is 1.18 bits per heavy atom. The number of hydrazone groups is 1. The van der Waals surface area contributed by atoms with Gasteiger partial charge >= 0.3 is 0 Å². The number of pyridine rings is 2. The first-order valence-electron chi connectivity index (χ1n) is 12.5. The number of hydrogen-bond acceptors (Lipinski definition) is 10. The Labute approximate surface area is 222 Å². The molecule has 4 heterocycles. The van der Waals surface area contributed by atoms with Crippen molar-refractivity contribution in [3.63, 3.8) is 0 Å². The van der Waals surface area contributed by atoms with Crippen molar-refractivity contribution >= 4 is 17.1 Å². The van der Waals surface area contributed by atoms with E-state index in [4.69, 9.17) is 20.8 Å². The van der Waals surface area contributed by atoms with Gasteiger partial charge in [-0.2, -0.15) is 15.6 Å². The van der Waals surface area contributed by atoms with Crippen LogP contribution in [0.15, 0.2) is 52.8 Å². The molecular formula is C27H32N10O. The van der Waals surface area contributed by atoms with Crippen LogP contribution in [0.3, 0.4) is 0 Å². The fraction of sp³-hybridized carbons (Fsp3) is 0.407. The van der Waals surface area contributed by atoms with Gasteiger partial charge in [-0.25, -0.2) is 4.98 Å². The number of aromatic nitrogens is 3. The minimum Gasteiger partial charge on any atom is -0.469 e. The predicted octanol–water partition coefficient (Wildman–Crippen LogP) is 2.74. The number of nitrogens with two attached hydrogens (primary N) is 1. The van der Waals surface area contributed by atoms with Crippen molar-refractivity contribution in [2.24, 2.45) is 15.9 Å². The van der Waals surface area contributed by atoms with Crippen molar-refractivity contribution < 1.29 is 4.74 Å². The Hall–Kier alpha value is -4.48. The Morgan fingerprint density at radius 3 is 2.58 bits per heavy atom. The number of hydrogen-bond donors (Lipinski definition) is 1. The molecule has 38 heavy (non-hydrogen) atoms. The first-order chi connectivity index (χ1) is 18.3. The third kappa shape index (κ3) is 5.58. The van der Waals surface area contributed by atoms with Gasteiger partial charge in [-0.3, -0.25) is 19.3 Å². The van der Waals surface area contributed by atoms with E-state index in [9.17, 15) is 5.26 Å². The molecule has 11 heteroatoms. The third-order valence-corrected chi connectivity index (χ3v) is 6.81. The SMILES string of the molecule is CC(=NCC(C)(C)N1CCN(C#N)CC1)/C(=N\N)c1cc(OC(C)c2ccccn2)n2c(C#N)cnc2c1. The highest BCUT2D eigenvalue weighted by atomic mass is 16.5. The van der Waals surface area contributed by atoms with Gasteiger partial charge in [-0.1, -0.05) is 6.07 Å². The maximum atomic E-state index is 9.63. The monoisotopic (exact) mass is 512 g/mol. The summed E-state index contributed by atoms with van der Waals surface area (Å²) in [5.41, 5.74) is 3.30. The summed E-state index contributed by atoms with van der Waals surface area (Å²) < 4.78 is 7.94. The van der Waals surface area contributed by atoms with E-state index in [1.165, 1.54) is 6.20 Å². The van der Waals surface area contributed by atoms with Gasteiger partial charge in [-0.15, -0.1) is 0 Å². The van der Waals surface area contributed by atoms with E-state index in [0.717, 1.165) is 18.8 Å². The maximum absolute atomic E-state index is 9.63. The van der Waals surface area contributed by atoms with Crippen LogP contribution < -0.4 is 10.6 Å². The number of fused-ring (bicyclic) bond motifs is 1. The number of aliphatic imine (C=N–C) groups is 1. The van der Waals surface area contributed by atoms with E-state index in [0.29, 0.717) is 53.8 Å². The van der Waals surface area contributed by atoms with Crippen molar-refractivity contribution in [1.29, 1.82) is 10.5 Å². The summed E-state index contributed by atoms with van der Waals surface area (Å²) in [7, 11) is 0. The molecule has 1 unspecified atom stereocenters. The highest BCUT2D eigenvalue weighted by Crippen LogP contribution is 2.26. The van der Waals surface area contributed by atoms with Crippen molar-refractivity contribution in [1.82, 2.24) is 24.2 Å². The summed E-state index contributed by atoms with van der Waals surface area (Å²) in [5.74, 6) is 6.29. The van der Waals surface area contributed by atoms with E-state index < -0.39 is 0 Å². The van der Waals surface area contributed by atoms with Crippen LogP contribution in [0, 0.1) is 22.8 Å². The largest absolute Gasteiger partial charge is 0.469 e. The van der Waals surface area contributed by atoms with Crippen molar-refractivity contribution in [2.45, 2.75) is 39.3 Å². The van der Waals surface area contributed by atoms with Crippen molar-refractivity contribution in [2.75, 3.05) is 32.7 Å². The molecule has 1 aliphatic rings. The summed E-state index contributed by atoms with van der Waals surface area (Å²) in [6, 6.07) is 11.4. The van der Waals surface area contributed by atoms with Gasteiger partial charge < -0.3 is 15.5 Å². The van der Waals surface area contributed by atoms with E-state index in [1.54, 1.807) is 21.6 Å². The Balaban J connectivity index is 1.62. The average Bonchev–Trinajstić information content (AvgIpc) is 3.36. The van der Waals surface area contributed by atoms with Gasteiger partial charge in [0, 0.05) is 49.5 Å². The second kappa shape index (κ2) is 11.3. The van der Waals surface area contributed by atoms with Crippen LogP contribution in [-0.2, 0) is 0 Å². The smallest absolute Gasteiger partial charge is 0.201 e. The quantitative estimate of drug-likeness (QED) is 0.210. The third-order valence-electron chi connectivity index (χ3n) is 6.81. The van der Waals surface area contributed by atoms with Crippen molar-refractivity contribution in [3.05, 3.63) is 59.7 Å². The lowest BCUT2D eigenvalue weighted by molar-refractivity contribution is 0.0777. The molecular weight excluding hydrogens is 480 g/mol. The van der Waals surface area contributed by atoms with Crippen LogP contribution in [0.2, 0.25) is 0 Å². The van der Waals surface area contributed by atoms with E-state index in [-0.39, 0.29) is 11.6 Å². The normalized spacial score (nSPS) is 16.2. The summed E-state index contributed by atoms with van der Waals surface area (Å²) in [6.07, 6.45) is 5.06. The number of piperazine rings is 1. The molecule has 1 aliphatic heterocycles. The van der Waals surface area contributed by atoms with Crippen LogP contribution in [0.25, 0.3) is 5.65 Å².